The molecule has 1 saturated heterocycles. The SMILES string of the molecule is COc1ccc(CCNC(=O)CC(=O)N2CCC(Cc3ccccc3)CC2)cc1. The summed E-state index contributed by atoms with van der Waals surface area (Å²) in [4.78, 5) is 26.4. The van der Waals surface area contributed by atoms with Gasteiger partial charge in [0.05, 0.1) is 7.11 Å². The number of ether oxygens (including phenoxy) is 1. The molecule has 0 bridgehead atoms. The number of methoxy groups -OCH3 is 1. The van der Waals surface area contributed by atoms with E-state index in [1.54, 1.807) is 7.11 Å². The largest absolute Gasteiger partial charge is 0.497 e. The molecule has 3 rings (SSSR count). The number of benzene rings is 2. The predicted octanol–water partition coefficient (Wildman–Crippen LogP) is 3.23. The Morgan fingerprint density at radius 1 is 1.00 bits per heavy atom. The summed E-state index contributed by atoms with van der Waals surface area (Å²) in [6.07, 6.45) is 3.73. The summed E-state index contributed by atoms with van der Waals surface area (Å²) in [7, 11) is 1.64. The summed E-state index contributed by atoms with van der Waals surface area (Å²) in [6, 6.07) is 18.3. The Kier molecular flexibility index (Phi) is 7.68. The van der Waals surface area contributed by atoms with Crippen molar-refractivity contribution < 1.29 is 14.3 Å². The quantitative estimate of drug-likeness (QED) is 0.700. The highest BCUT2D eigenvalue weighted by Gasteiger charge is 2.24. The Morgan fingerprint density at radius 2 is 1.69 bits per heavy atom. The molecular weight excluding hydrogens is 364 g/mol. The van der Waals surface area contributed by atoms with Crippen molar-refractivity contribution in [2.24, 2.45) is 5.92 Å². The van der Waals surface area contributed by atoms with Crippen LogP contribution in [0.5, 0.6) is 5.75 Å². The standard InChI is InChI=1S/C24H30N2O3/c1-29-22-9-7-19(8-10-22)11-14-25-23(27)18-24(28)26-15-12-21(13-16-26)17-20-5-3-2-4-6-20/h2-10,21H,11-18H2,1H3,(H,25,27). The van der Waals surface area contributed by atoms with Gasteiger partial charge in [-0.1, -0.05) is 42.5 Å². The van der Waals surface area contributed by atoms with Gasteiger partial charge in [0.1, 0.15) is 12.2 Å². The summed E-state index contributed by atoms with van der Waals surface area (Å²) >= 11 is 0. The highest BCUT2D eigenvalue weighted by atomic mass is 16.5. The Bertz CT molecular complexity index is 782. The summed E-state index contributed by atoms with van der Waals surface area (Å²) < 4.78 is 5.14. The molecule has 1 aliphatic heterocycles. The van der Waals surface area contributed by atoms with E-state index in [-0.39, 0.29) is 18.2 Å². The first-order valence-electron chi connectivity index (χ1n) is 10.4. The Hall–Kier alpha value is -2.82. The van der Waals surface area contributed by atoms with Crippen molar-refractivity contribution in [3.63, 3.8) is 0 Å². The average Bonchev–Trinajstić information content (AvgIpc) is 2.75. The molecule has 154 valence electrons. The maximum Gasteiger partial charge on any atom is 0.232 e. The van der Waals surface area contributed by atoms with Crippen molar-refractivity contribution in [3.05, 3.63) is 65.7 Å². The first-order valence-corrected chi connectivity index (χ1v) is 10.4. The van der Waals surface area contributed by atoms with Crippen LogP contribution in [0.1, 0.15) is 30.4 Å². The van der Waals surface area contributed by atoms with Gasteiger partial charge in [0, 0.05) is 19.6 Å². The highest BCUT2D eigenvalue weighted by molar-refractivity contribution is 5.96. The molecule has 0 atom stereocenters. The molecule has 29 heavy (non-hydrogen) atoms. The fourth-order valence-electron chi connectivity index (χ4n) is 3.78. The number of nitrogens with one attached hydrogen (secondary N) is 1. The van der Waals surface area contributed by atoms with Crippen LogP contribution in [0.3, 0.4) is 0 Å². The molecule has 5 nitrogen and oxygen atoms in total. The Labute approximate surface area is 173 Å². The van der Waals surface area contributed by atoms with Crippen LogP contribution in [0, 0.1) is 5.92 Å². The Morgan fingerprint density at radius 3 is 2.34 bits per heavy atom. The fourth-order valence-corrected chi connectivity index (χ4v) is 3.78. The molecule has 1 fully saturated rings. The van der Waals surface area contributed by atoms with E-state index in [0.717, 1.165) is 50.1 Å². The molecule has 2 aromatic carbocycles. The lowest BCUT2D eigenvalue weighted by molar-refractivity contribution is -0.137. The molecule has 0 radical (unpaired) electrons. The summed E-state index contributed by atoms with van der Waals surface area (Å²) in [6.45, 7) is 2.02. The molecule has 2 amide bonds. The molecule has 5 heteroatoms. The number of piperidine rings is 1. The van der Waals surface area contributed by atoms with Crippen molar-refractivity contribution in [1.82, 2.24) is 10.2 Å². The van der Waals surface area contributed by atoms with E-state index in [1.807, 2.05) is 35.2 Å². The number of carbonyl (C=O) groups excluding carboxylic acids is 2. The van der Waals surface area contributed by atoms with Gasteiger partial charge < -0.3 is 15.0 Å². The van der Waals surface area contributed by atoms with Crippen LogP contribution in [-0.2, 0) is 22.4 Å². The molecule has 0 aromatic heterocycles. The van der Waals surface area contributed by atoms with E-state index in [0.29, 0.717) is 12.5 Å². The van der Waals surface area contributed by atoms with E-state index in [4.69, 9.17) is 4.74 Å². The third-order valence-corrected chi connectivity index (χ3v) is 5.54. The highest BCUT2D eigenvalue weighted by Crippen LogP contribution is 2.22. The van der Waals surface area contributed by atoms with Crippen molar-refractivity contribution in [2.75, 3.05) is 26.7 Å². The van der Waals surface area contributed by atoms with E-state index in [1.165, 1.54) is 5.56 Å². The predicted molar refractivity (Wildman–Crippen MR) is 114 cm³/mol. The van der Waals surface area contributed by atoms with Gasteiger partial charge >= 0.3 is 0 Å². The molecule has 0 spiro atoms. The number of hydrogen-bond donors (Lipinski definition) is 1. The average molecular weight is 395 g/mol. The zero-order chi connectivity index (χ0) is 20.5. The van der Waals surface area contributed by atoms with Gasteiger partial charge in [0.25, 0.3) is 0 Å². The number of carbonyl (C=O) groups is 2. The maximum atomic E-state index is 12.4. The first-order chi connectivity index (χ1) is 14.1. The van der Waals surface area contributed by atoms with Crippen molar-refractivity contribution in [1.29, 1.82) is 0 Å². The zero-order valence-corrected chi connectivity index (χ0v) is 17.1. The first kappa shape index (κ1) is 20.9. The number of hydrogen-bond acceptors (Lipinski definition) is 3. The van der Waals surface area contributed by atoms with Gasteiger partial charge in [-0.2, -0.15) is 0 Å². The van der Waals surface area contributed by atoms with E-state index < -0.39 is 0 Å². The van der Waals surface area contributed by atoms with Crippen molar-refractivity contribution >= 4 is 11.8 Å². The molecule has 0 aliphatic carbocycles. The number of likely N-dealkylation sites (tertiary alicyclic amines) is 1. The van der Waals surface area contributed by atoms with Crippen LogP contribution >= 0.6 is 0 Å². The van der Waals surface area contributed by atoms with Crippen molar-refractivity contribution in [2.45, 2.75) is 32.1 Å². The van der Waals surface area contributed by atoms with E-state index in [9.17, 15) is 9.59 Å². The third-order valence-electron chi connectivity index (χ3n) is 5.54. The third kappa shape index (κ3) is 6.63. The van der Waals surface area contributed by atoms with Crippen molar-refractivity contribution in [3.8, 4) is 5.75 Å². The van der Waals surface area contributed by atoms with E-state index in [2.05, 4.69) is 29.6 Å². The number of rotatable bonds is 8. The zero-order valence-electron chi connectivity index (χ0n) is 17.1. The lowest BCUT2D eigenvalue weighted by Gasteiger charge is -2.32. The van der Waals surface area contributed by atoms with Gasteiger partial charge in [-0.3, -0.25) is 9.59 Å². The Balaban J connectivity index is 1.34. The lowest BCUT2D eigenvalue weighted by atomic mass is 9.90. The maximum absolute atomic E-state index is 12.4. The summed E-state index contributed by atoms with van der Waals surface area (Å²) in [5.41, 5.74) is 2.48. The molecule has 1 aliphatic rings. The second kappa shape index (κ2) is 10.6. The molecular formula is C24H30N2O3. The molecule has 0 unspecified atom stereocenters. The van der Waals surface area contributed by atoms with Crippen LogP contribution in [0.25, 0.3) is 0 Å². The minimum Gasteiger partial charge on any atom is -0.497 e. The molecule has 1 N–H and O–H groups in total. The molecule has 0 saturated carbocycles. The second-order valence-corrected chi connectivity index (χ2v) is 7.64. The lowest BCUT2D eigenvalue weighted by Crippen LogP contribution is -2.41. The van der Waals surface area contributed by atoms with Gasteiger partial charge in [0.2, 0.25) is 11.8 Å². The summed E-state index contributed by atoms with van der Waals surface area (Å²) in [5.74, 6) is 1.16. The molecule has 1 heterocycles. The molecule has 2 aromatic rings. The number of amides is 2. The van der Waals surface area contributed by atoms with Crippen LogP contribution < -0.4 is 10.1 Å². The minimum atomic E-state index is -0.199. The minimum absolute atomic E-state index is 0.0635. The topological polar surface area (TPSA) is 58.6 Å². The van der Waals surface area contributed by atoms with Crippen LogP contribution in [-0.4, -0.2) is 43.5 Å². The fraction of sp³-hybridized carbons (Fsp3) is 0.417. The summed E-state index contributed by atoms with van der Waals surface area (Å²) in [5, 5.41) is 2.85. The van der Waals surface area contributed by atoms with Gasteiger partial charge in [-0.05, 0) is 54.9 Å². The number of nitrogens with zero attached hydrogens (tertiary/aromatic N) is 1. The van der Waals surface area contributed by atoms with E-state index >= 15 is 0 Å². The van der Waals surface area contributed by atoms with Gasteiger partial charge in [-0.15, -0.1) is 0 Å². The van der Waals surface area contributed by atoms with Crippen LogP contribution in [0.2, 0.25) is 0 Å². The van der Waals surface area contributed by atoms with Crippen LogP contribution in [0.15, 0.2) is 54.6 Å². The van der Waals surface area contributed by atoms with Crippen LogP contribution in [0.4, 0.5) is 0 Å². The second-order valence-electron chi connectivity index (χ2n) is 7.64. The smallest absolute Gasteiger partial charge is 0.232 e. The van der Waals surface area contributed by atoms with Gasteiger partial charge in [0.15, 0.2) is 0 Å². The normalized spacial score (nSPS) is 14.4. The monoisotopic (exact) mass is 394 g/mol. The van der Waals surface area contributed by atoms with Gasteiger partial charge in [-0.25, -0.2) is 0 Å².